The van der Waals surface area contributed by atoms with Crippen LogP contribution in [0.25, 0.3) is 0 Å². The van der Waals surface area contributed by atoms with E-state index in [0.29, 0.717) is 12.5 Å². The number of carbonyl (C=O) groups is 1. The molecule has 6 heteroatoms. The molecule has 0 aromatic carbocycles. The average Bonchev–Trinajstić information content (AvgIpc) is 3.17. The van der Waals surface area contributed by atoms with Gasteiger partial charge in [0.2, 0.25) is 5.91 Å². The molecule has 26 heavy (non-hydrogen) atoms. The van der Waals surface area contributed by atoms with Crippen LogP contribution in [0.5, 0.6) is 0 Å². The molecule has 0 unspecified atom stereocenters. The highest BCUT2D eigenvalue weighted by Gasteiger charge is 2.23. The van der Waals surface area contributed by atoms with Crippen molar-refractivity contribution in [3.05, 3.63) is 23.5 Å². The van der Waals surface area contributed by atoms with E-state index in [-0.39, 0.29) is 5.91 Å². The SMILES string of the molecule is CCN(CC)C(=O)CN1CCN(c2cc(C)nc([C@@H]3CCNC3)c2)CC1. The fourth-order valence-corrected chi connectivity index (χ4v) is 4.01. The Kier molecular flexibility index (Phi) is 6.48. The smallest absolute Gasteiger partial charge is 0.236 e. The second kappa shape index (κ2) is 8.82. The number of anilines is 1. The van der Waals surface area contributed by atoms with Crippen LogP contribution in [0.2, 0.25) is 0 Å². The minimum absolute atomic E-state index is 0.249. The molecule has 2 aliphatic heterocycles. The van der Waals surface area contributed by atoms with Crippen molar-refractivity contribution >= 4 is 11.6 Å². The standard InChI is InChI=1S/C20H33N5O/c1-4-24(5-2)20(26)15-23-8-10-25(11-9-23)18-12-16(3)22-19(13-18)17-6-7-21-14-17/h12-13,17,21H,4-11,14-15H2,1-3H3/t17-/m1/s1. The van der Waals surface area contributed by atoms with Gasteiger partial charge in [0, 0.05) is 68.8 Å². The summed E-state index contributed by atoms with van der Waals surface area (Å²) in [7, 11) is 0. The van der Waals surface area contributed by atoms with Crippen LogP contribution in [0, 0.1) is 6.92 Å². The molecule has 6 nitrogen and oxygen atoms in total. The monoisotopic (exact) mass is 359 g/mol. The first-order valence-corrected chi connectivity index (χ1v) is 10.0. The molecular formula is C20H33N5O. The minimum Gasteiger partial charge on any atom is -0.369 e. The Morgan fingerprint density at radius 1 is 1.23 bits per heavy atom. The number of hydrogen-bond donors (Lipinski definition) is 1. The Morgan fingerprint density at radius 2 is 1.96 bits per heavy atom. The highest BCUT2D eigenvalue weighted by Crippen LogP contribution is 2.26. The van der Waals surface area contributed by atoms with Crippen LogP contribution in [-0.2, 0) is 4.79 Å². The lowest BCUT2D eigenvalue weighted by molar-refractivity contribution is -0.132. The lowest BCUT2D eigenvalue weighted by Gasteiger charge is -2.36. The largest absolute Gasteiger partial charge is 0.369 e. The van der Waals surface area contributed by atoms with Gasteiger partial charge >= 0.3 is 0 Å². The summed E-state index contributed by atoms with van der Waals surface area (Å²) in [5.74, 6) is 0.792. The van der Waals surface area contributed by atoms with Crippen molar-refractivity contribution in [2.45, 2.75) is 33.1 Å². The molecule has 1 N–H and O–H groups in total. The number of hydrogen-bond acceptors (Lipinski definition) is 5. The van der Waals surface area contributed by atoms with Crippen molar-refractivity contribution < 1.29 is 4.79 Å². The van der Waals surface area contributed by atoms with E-state index < -0.39 is 0 Å². The van der Waals surface area contributed by atoms with Crippen molar-refractivity contribution in [2.24, 2.45) is 0 Å². The number of rotatable bonds is 6. The van der Waals surface area contributed by atoms with Gasteiger partial charge in [0.05, 0.1) is 6.54 Å². The number of nitrogens with one attached hydrogen (secondary N) is 1. The van der Waals surface area contributed by atoms with Gasteiger partial charge in [0.15, 0.2) is 0 Å². The lowest BCUT2D eigenvalue weighted by Crippen LogP contribution is -2.50. The van der Waals surface area contributed by atoms with Crippen molar-refractivity contribution in [3.63, 3.8) is 0 Å². The van der Waals surface area contributed by atoms with Crippen LogP contribution in [0.4, 0.5) is 5.69 Å². The summed E-state index contributed by atoms with van der Waals surface area (Å²) >= 11 is 0. The first-order valence-electron chi connectivity index (χ1n) is 10.0. The molecule has 1 amide bonds. The molecule has 1 aromatic rings. The molecular weight excluding hydrogens is 326 g/mol. The zero-order chi connectivity index (χ0) is 18.5. The van der Waals surface area contributed by atoms with Crippen LogP contribution in [0.1, 0.15) is 37.6 Å². The van der Waals surface area contributed by atoms with Crippen molar-refractivity contribution in [2.75, 3.05) is 63.8 Å². The molecule has 0 radical (unpaired) electrons. The van der Waals surface area contributed by atoms with Gasteiger partial charge in [0.25, 0.3) is 0 Å². The van der Waals surface area contributed by atoms with Crippen LogP contribution >= 0.6 is 0 Å². The molecule has 0 bridgehead atoms. The predicted octanol–water partition coefficient (Wildman–Crippen LogP) is 1.46. The molecule has 0 spiro atoms. The number of amides is 1. The molecule has 0 aliphatic carbocycles. The summed E-state index contributed by atoms with van der Waals surface area (Å²) in [6, 6.07) is 4.48. The molecule has 2 saturated heterocycles. The first-order chi connectivity index (χ1) is 12.6. The quantitative estimate of drug-likeness (QED) is 0.833. The van der Waals surface area contributed by atoms with E-state index in [1.54, 1.807) is 0 Å². The van der Waals surface area contributed by atoms with Crippen molar-refractivity contribution in [1.29, 1.82) is 0 Å². The molecule has 2 fully saturated rings. The Bertz CT molecular complexity index is 602. The van der Waals surface area contributed by atoms with Gasteiger partial charge in [-0.15, -0.1) is 0 Å². The van der Waals surface area contributed by atoms with E-state index >= 15 is 0 Å². The van der Waals surface area contributed by atoms with Gasteiger partial charge in [-0.1, -0.05) is 0 Å². The number of piperazine rings is 1. The maximum absolute atomic E-state index is 12.3. The minimum atomic E-state index is 0.249. The Hall–Kier alpha value is -1.66. The van der Waals surface area contributed by atoms with E-state index in [9.17, 15) is 4.79 Å². The number of likely N-dealkylation sites (N-methyl/N-ethyl adjacent to an activating group) is 1. The molecule has 3 rings (SSSR count). The number of aryl methyl sites for hydroxylation is 1. The first kappa shape index (κ1) is 19.1. The second-order valence-electron chi connectivity index (χ2n) is 7.41. The summed E-state index contributed by atoms with van der Waals surface area (Å²) in [6.07, 6.45) is 1.18. The van der Waals surface area contributed by atoms with Gasteiger partial charge in [-0.2, -0.15) is 0 Å². The maximum atomic E-state index is 12.3. The second-order valence-corrected chi connectivity index (χ2v) is 7.41. The third-order valence-corrected chi connectivity index (χ3v) is 5.65. The van der Waals surface area contributed by atoms with E-state index in [4.69, 9.17) is 4.98 Å². The van der Waals surface area contributed by atoms with Gasteiger partial charge in [0.1, 0.15) is 0 Å². The lowest BCUT2D eigenvalue weighted by atomic mass is 10.0. The van der Waals surface area contributed by atoms with Crippen LogP contribution in [0.3, 0.4) is 0 Å². The highest BCUT2D eigenvalue weighted by molar-refractivity contribution is 5.78. The number of pyridine rings is 1. The maximum Gasteiger partial charge on any atom is 0.236 e. The average molecular weight is 360 g/mol. The summed E-state index contributed by atoms with van der Waals surface area (Å²) in [5.41, 5.74) is 3.61. The predicted molar refractivity (Wildman–Crippen MR) is 106 cm³/mol. The van der Waals surface area contributed by atoms with Crippen molar-refractivity contribution in [1.82, 2.24) is 20.1 Å². The molecule has 1 atom stereocenters. The zero-order valence-electron chi connectivity index (χ0n) is 16.5. The summed E-state index contributed by atoms with van der Waals surface area (Å²) in [5, 5.41) is 3.44. The molecule has 1 aromatic heterocycles. The van der Waals surface area contributed by atoms with E-state index in [2.05, 4.69) is 34.2 Å². The third kappa shape index (κ3) is 4.54. The topological polar surface area (TPSA) is 51.7 Å². The zero-order valence-corrected chi connectivity index (χ0v) is 16.5. The van der Waals surface area contributed by atoms with Gasteiger partial charge in [-0.05, 0) is 45.9 Å². The molecule has 0 saturated carbocycles. The Balaban J connectivity index is 1.58. The molecule has 3 heterocycles. The van der Waals surface area contributed by atoms with Crippen LogP contribution in [0.15, 0.2) is 12.1 Å². The van der Waals surface area contributed by atoms with Gasteiger partial charge in [-0.3, -0.25) is 14.7 Å². The van der Waals surface area contributed by atoms with Crippen LogP contribution in [-0.4, -0.2) is 79.6 Å². The number of aromatic nitrogens is 1. The third-order valence-electron chi connectivity index (χ3n) is 5.65. The van der Waals surface area contributed by atoms with Crippen LogP contribution < -0.4 is 10.2 Å². The summed E-state index contributed by atoms with van der Waals surface area (Å²) in [6.45, 7) is 14.3. The van der Waals surface area contributed by atoms with Gasteiger partial charge < -0.3 is 15.1 Å². The van der Waals surface area contributed by atoms with Crippen molar-refractivity contribution in [3.8, 4) is 0 Å². The fraction of sp³-hybridized carbons (Fsp3) is 0.700. The number of nitrogens with zero attached hydrogens (tertiary/aromatic N) is 4. The van der Waals surface area contributed by atoms with E-state index in [0.717, 1.165) is 58.1 Å². The fourth-order valence-electron chi connectivity index (χ4n) is 4.01. The van der Waals surface area contributed by atoms with Gasteiger partial charge in [-0.25, -0.2) is 0 Å². The molecule has 144 valence electrons. The summed E-state index contributed by atoms with van der Waals surface area (Å²) < 4.78 is 0. The van der Waals surface area contributed by atoms with E-state index in [1.165, 1.54) is 17.8 Å². The Labute approximate surface area is 157 Å². The number of carbonyl (C=O) groups excluding carboxylic acids is 1. The normalized spacial score (nSPS) is 21.2. The molecule has 2 aliphatic rings. The highest BCUT2D eigenvalue weighted by atomic mass is 16.2. The van der Waals surface area contributed by atoms with E-state index in [1.807, 2.05) is 18.7 Å². The Morgan fingerprint density at radius 3 is 2.58 bits per heavy atom. The summed E-state index contributed by atoms with van der Waals surface area (Å²) in [4.78, 5) is 23.7.